The lowest BCUT2D eigenvalue weighted by Crippen LogP contribution is -2.58. The zero-order valence-electron chi connectivity index (χ0n) is 13.2. The van der Waals surface area contributed by atoms with Crippen molar-refractivity contribution in [2.45, 2.75) is 12.0 Å². The molecular weight excluding hydrogens is 280 g/mol. The van der Waals surface area contributed by atoms with Crippen LogP contribution in [0.25, 0.3) is 0 Å². The van der Waals surface area contributed by atoms with Gasteiger partial charge in [0.1, 0.15) is 12.2 Å². The predicted octanol–water partition coefficient (Wildman–Crippen LogP) is 0.789. The first-order valence-electron chi connectivity index (χ1n) is 7.89. The Morgan fingerprint density at radius 1 is 1.23 bits per heavy atom. The predicted molar refractivity (Wildman–Crippen MR) is 83.7 cm³/mol. The van der Waals surface area contributed by atoms with Crippen molar-refractivity contribution >= 4 is 5.91 Å². The van der Waals surface area contributed by atoms with E-state index in [0.29, 0.717) is 19.8 Å². The quantitative estimate of drug-likeness (QED) is 0.828. The summed E-state index contributed by atoms with van der Waals surface area (Å²) in [6, 6.07) is 10.5. The summed E-state index contributed by atoms with van der Waals surface area (Å²) in [5.74, 6) is 0.0295. The molecule has 3 rings (SSSR count). The minimum absolute atomic E-state index is 0.0295. The van der Waals surface area contributed by atoms with Gasteiger partial charge in [0.05, 0.1) is 19.8 Å². The summed E-state index contributed by atoms with van der Waals surface area (Å²) in [5, 5.41) is 0. The first-order chi connectivity index (χ1) is 10.7. The van der Waals surface area contributed by atoms with Crippen molar-refractivity contribution in [1.82, 2.24) is 9.80 Å². The summed E-state index contributed by atoms with van der Waals surface area (Å²) in [4.78, 5) is 15.9. The fourth-order valence-electron chi connectivity index (χ4n) is 3.23. The lowest BCUT2D eigenvalue weighted by molar-refractivity contribution is -0.141. The highest BCUT2D eigenvalue weighted by molar-refractivity contribution is 5.77. The van der Waals surface area contributed by atoms with E-state index in [-0.39, 0.29) is 18.1 Å². The molecule has 0 radical (unpaired) electrons. The Hall–Kier alpha value is -1.43. The fraction of sp³-hybridized carbons (Fsp3) is 0.588. The van der Waals surface area contributed by atoms with Crippen LogP contribution in [0.15, 0.2) is 30.3 Å². The minimum atomic E-state index is -0.379. The van der Waals surface area contributed by atoms with Gasteiger partial charge >= 0.3 is 0 Å². The SMILES string of the molecule is CN1CC2(COCC1=O)CN(CCc1ccccc1)CCO2. The van der Waals surface area contributed by atoms with Crippen LogP contribution in [-0.4, -0.2) is 74.4 Å². The monoisotopic (exact) mass is 304 g/mol. The second-order valence-electron chi connectivity index (χ2n) is 6.29. The zero-order chi connectivity index (χ0) is 15.4. The van der Waals surface area contributed by atoms with Gasteiger partial charge in [-0.25, -0.2) is 0 Å². The molecule has 120 valence electrons. The summed E-state index contributed by atoms with van der Waals surface area (Å²) in [5.41, 5.74) is 0.975. The van der Waals surface area contributed by atoms with Gasteiger partial charge in [0.25, 0.3) is 0 Å². The van der Waals surface area contributed by atoms with Crippen LogP contribution in [0.3, 0.4) is 0 Å². The number of morpholine rings is 1. The molecule has 5 heteroatoms. The first kappa shape index (κ1) is 15.5. The van der Waals surface area contributed by atoms with Crippen molar-refractivity contribution < 1.29 is 14.3 Å². The number of ether oxygens (including phenoxy) is 2. The zero-order valence-corrected chi connectivity index (χ0v) is 13.2. The third-order valence-corrected chi connectivity index (χ3v) is 4.43. The summed E-state index contributed by atoms with van der Waals surface area (Å²) < 4.78 is 11.6. The van der Waals surface area contributed by atoms with Crippen LogP contribution in [0.1, 0.15) is 5.56 Å². The number of amides is 1. The third-order valence-electron chi connectivity index (χ3n) is 4.43. The van der Waals surface area contributed by atoms with Crippen LogP contribution in [0.2, 0.25) is 0 Å². The molecule has 2 fully saturated rings. The Morgan fingerprint density at radius 3 is 2.86 bits per heavy atom. The molecule has 2 heterocycles. The lowest BCUT2D eigenvalue weighted by Gasteiger charge is -2.42. The van der Waals surface area contributed by atoms with Crippen LogP contribution in [0.5, 0.6) is 0 Å². The van der Waals surface area contributed by atoms with Crippen molar-refractivity contribution in [3.63, 3.8) is 0 Å². The molecule has 1 atom stereocenters. The smallest absolute Gasteiger partial charge is 0.248 e. The Kier molecular flexibility index (Phi) is 4.76. The highest BCUT2D eigenvalue weighted by atomic mass is 16.5. The van der Waals surface area contributed by atoms with Crippen molar-refractivity contribution in [2.24, 2.45) is 0 Å². The van der Waals surface area contributed by atoms with Crippen LogP contribution >= 0.6 is 0 Å². The highest BCUT2D eigenvalue weighted by Crippen LogP contribution is 2.22. The molecule has 0 aromatic heterocycles. The van der Waals surface area contributed by atoms with Gasteiger partial charge < -0.3 is 14.4 Å². The van der Waals surface area contributed by atoms with Crippen molar-refractivity contribution in [3.8, 4) is 0 Å². The maximum atomic E-state index is 11.8. The average molecular weight is 304 g/mol. The Bertz CT molecular complexity index is 508. The third kappa shape index (κ3) is 3.66. The van der Waals surface area contributed by atoms with Gasteiger partial charge in [0, 0.05) is 26.7 Å². The first-order valence-corrected chi connectivity index (χ1v) is 7.89. The van der Waals surface area contributed by atoms with Gasteiger partial charge in [-0.1, -0.05) is 30.3 Å². The number of rotatable bonds is 3. The molecule has 0 saturated carbocycles. The van der Waals surface area contributed by atoms with Gasteiger partial charge in [-0.3, -0.25) is 9.69 Å². The van der Waals surface area contributed by atoms with E-state index in [4.69, 9.17) is 9.47 Å². The number of benzene rings is 1. The van der Waals surface area contributed by atoms with Gasteiger partial charge in [0.2, 0.25) is 5.91 Å². The molecule has 2 aliphatic heterocycles. The van der Waals surface area contributed by atoms with Gasteiger partial charge in [-0.15, -0.1) is 0 Å². The molecule has 22 heavy (non-hydrogen) atoms. The summed E-state index contributed by atoms with van der Waals surface area (Å²) in [6.07, 6.45) is 1.03. The van der Waals surface area contributed by atoms with E-state index in [9.17, 15) is 4.79 Å². The van der Waals surface area contributed by atoms with E-state index >= 15 is 0 Å². The number of nitrogens with zero attached hydrogens (tertiary/aromatic N) is 2. The molecule has 0 bridgehead atoms. The molecule has 2 saturated heterocycles. The Morgan fingerprint density at radius 2 is 2.05 bits per heavy atom. The molecule has 5 nitrogen and oxygen atoms in total. The Labute approximate surface area is 131 Å². The topological polar surface area (TPSA) is 42.0 Å². The van der Waals surface area contributed by atoms with E-state index in [1.807, 2.05) is 13.1 Å². The van der Waals surface area contributed by atoms with Crippen LogP contribution in [0.4, 0.5) is 0 Å². The number of carbonyl (C=O) groups excluding carboxylic acids is 1. The molecule has 0 N–H and O–H groups in total. The second kappa shape index (κ2) is 6.77. The molecular formula is C17H24N2O3. The van der Waals surface area contributed by atoms with E-state index < -0.39 is 0 Å². The van der Waals surface area contributed by atoms with Crippen LogP contribution < -0.4 is 0 Å². The average Bonchev–Trinajstić information content (AvgIpc) is 2.66. The fourth-order valence-corrected chi connectivity index (χ4v) is 3.23. The number of carbonyl (C=O) groups is 1. The molecule has 1 spiro atoms. The van der Waals surface area contributed by atoms with E-state index in [0.717, 1.165) is 26.1 Å². The summed E-state index contributed by atoms with van der Waals surface area (Å²) in [7, 11) is 1.82. The molecule has 1 aromatic carbocycles. The van der Waals surface area contributed by atoms with Crippen molar-refractivity contribution in [2.75, 3.05) is 53.0 Å². The lowest BCUT2D eigenvalue weighted by atomic mass is 10.0. The molecule has 0 aliphatic carbocycles. The Balaban J connectivity index is 1.60. The van der Waals surface area contributed by atoms with E-state index in [1.54, 1.807) is 4.90 Å². The maximum Gasteiger partial charge on any atom is 0.248 e. The summed E-state index contributed by atoms with van der Waals surface area (Å²) in [6.45, 7) is 4.71. The maximum absolute atomic E-state index is 11.8. The van der Waals surface area contributed by atoms with Gasteiger partial charge in [0.15, 0.2) is 0 Å². The molecule has 1 unspecified atom stereocenters. The van der Waals surface area contributed by atoms with Crippen molar-refractivity contribution in [3.05, 3.63) is 35.9 Å². The largest absolute Gasteiger partial charge is 0.369 e. The number of hydrogen-bond acceptors (Lipinski definition) is 4. The standard InChI is InChI=1S/C17H24N2O3/c1-18-12-17(14-21-11-16(18)20)13-19(9-10-22-17)8-7-15-5-3-2-4-6-15/h2-6H,7-14H2,1H3. The number of likely N-dealkylation sites (N-methyl/N-ethyl adjacent to an activating group) is 1. The number of hydrogen-bond donors (Lipinski definition) is 0. The van der Waals surface area contributed by atoms with Crippen molar-refractivity contribution in [1.29, 1.82) is 0 Å². The minimum Gasteiger partial charge on any atom is -0.369 e. The van der Waals surface area contributed by atoms with Gasteiger partial charge in [-0.2, -0.15) is 0 Å². The highest BCUT2D eigenvalue weighted by Gasteiger charge is 2.40. The van der Waals surface area contributed by atoms with Gasteiger partial charge in [-0.05, 0) is 12.0 Å². The second-order valence-corrected chi connectivity index (χ2v) is 6.29. The normalized spacial score (nSPS) is 27.1. The summed E-state index contributed by atoms with van der Waals surface area (Å²) >= 11 is 0. The van der Waals surface area contributed by atoms with E-state index in [2.05, 4.69) is 29.2 Å². The molecule has 2 aliphatic rings. The van der Waals surface area contributed by atoms with E-state index in [1.165, 1.54) is 5.56 Å². The molecule has 1 amide bonds. The van der Waals surface area contributed by atoms with Crippen LogP contribution in [-0.2, 0) is 20.7 Å². The molecule has 1 aromatic rings. The van der Waals surface area contributed by atoms with Crippen LogP contribution in [0, 0.1) is 0 Å².